The molecule has 2 rings (SSSR count). The molecular formula is C27H37N5O8S. The van der Waals surface area contributed by atoms with Crippen molar-refractivity contribution in [1.29, 1.82) is 0 Å². The van der Waals surface area contributed by atoms with Crippen LogP contribution in [0, 0.1) is 0 Å². The molecule has 224 valence electrons. The van der Waals surface area contributed by atoms with Crippen LogP contribution in [-0.4, -0.2) is 69.7 Å². The van der Waals surface area contributed by atoms with E-state index in [0.29, 0.717) is 17.5 Å². The normalized spacial score (nSPS) is 13.0. The lowest BCUT2D eigenvalue weighted by Gasteiger charge is -2.26. The molecule has 4 amide bonds. The highest BCUT2D eigenvalue weighted by molar-refractivity contribution is 7.17. The number of hydrogen-bond donors (Lipinski definition) is 5. The van der Waals surface area contributed by atoms with Crippen LogP contribution in [0.3, 0.4) is 0 Å². The van der Waals surface area contributed by atoms with Crippen LogP contribution in [0.25, 0.3) is 0 Å². The Morgan fingerprint density at radius 3 is 2.15 bits per heavy atom. The van der Waals surface area contributed by atoms with Gasteiger partial charge in [-0.3, -0.25) is 19.3 Å². The second-order valence-electron chi connectivity index (χ2n) is 11.3. The molecule has 2 aromatic rings. The van der Waals surface area contributed by atoms with Gasteiger partial charge in [0.25, 0.3) is 0 Å². The van der Waals surface area contributed by atoms with Gasteiger partial charge in [0.1, 0.15) is 23.4 Å². The van der Waals surface area contributed by atoms with Crippen LogP contribution in [0.2, 0.25) is 0 Å². The molecule has 1 aromatic carbocycles. The quantitative estimate of drug-likeness (QED) is 0.244. The number of aromatic nitrogens is 1. The average molecular weight is 592 g/mol. The summed E-state index contributed by atoms with van der Waals surface area (Å²) in [6, 6.07) is 3.46. The van der Waals surface area contributed by atoms with Crippen molar-refractivity contribution >= 4 is 46.8 Å². The molecule has 0 aliphatic heterocycles. The zero-order valence-electron chi connectivity index (χ0n) is 23.9. The summed E-state index contributed by atoms with van der Waals surface area (Å²) < 4.78 is 5.26. The number of rotatable bonds is 11. The maximum absolute atomic E-state index is 13.3. The average Bonchev–Trinajstić information content (AvgIpc) is 3.27. The van der Waals surface area contributed by atoms with Gasteiger partial charge in [-0.25, -0.2) is 14.6 Å². The van der Waals surface area contributed by atoms with E-state index < -0.39 is 47.1 Å². The lowest BCUT2D eigenvalue weighted by molar-refractivity contribution is -0.128. The monoisotopic (exact) mass is 591 g/mol. The van der Waals surface area contributed by atoms with Crippen LogP contribution < -0.4 is 21.3 Å². The highest BCUT2D eigenvalue weighted by Crippen LogP contribution is 2.33. The molecule has 41 heavy (non-hydrogen) atoms. The Labute approximate surface area is 242 Å². The van der Waals surface area contributed by atoms with E-state index in [0.717, 1.165) is 16.2 Å². The molecule has 0 saturated heterocycles. The first-order valence-corrected chi connectivity index (χ1v) is 13.6. The number of nitrogens with zero attached hydrogens (tertiary/aromatic N) is 2. The van der Waals surface area contributed by atoms with Crippen molar-refractivity contribution in [3.05, 3.63) is 40.4 Å². The number of benzene rings is 1. The van der Waals surface area contributed by atoms with Crippen molar-refractivity contribution in [2.45, 2.75) is 77.5 Å². The van der Waals surface area contributed by atoms with Gasteiger partial charge < -0.3 is 31.3 Å². The first kappa shape index (κ1) is 33.0. The molecule has 0 aliphatic rings. The van der Waals surface area contributed by atoms with Crippen LogP contribution in [-0.2, 0) is 26.2 Å². The molecule has 0 unspecified atom stereocenters. The number of ether oxygens (including phenoxy) is 1. The fourth-order valence-corrected chi connectivity index (χ4v) is 4.78. The molecule has 0 spiro atoms. The van der Waals surface area contributed by atoms with Gasteiger partial charge >= 0.3 is 12.2 Å². The lowest BCUT2D eigenvalue weighted by Crippen LogP contribution is -2.55. The van der Waals surface area contributed by atoms with Crippen LogP contribution in [0.15, 0.2) is 24.3 Å². The van der Waals surface area contributed by atoms with Crippen molar-refractivity contribution in [3.63, 3.8) is 0 Å². The number of aldehydes is 1. The number of hydrogen-bond acceptors (Lipinski definition) is 9. The summed E-state index contributed by atoms with van der Waals surface area (Å²) in [6.07, 6.45) is -1.93. The van der Waals surface area contributed by atoms with Gasteiger partial charge in [0, 0.05) is 18.4 Å². The van der Waals surface area contributed by atoms with E-state index in [1.54, 1.807) is 32.9 Å². The summed E-state index contributed by atoms with van der Waals surface area (Å²) in [7, 11) is 0. The van der Waals surface area contributed by atoms with Crippen LogP contribution in [0.1, 0.15) is 68.9 Å². The molecule has 0 aliphatic carbocycles. The number of carbonyl (C=O) groups is 5. The highest BCUT2D eigenvalue weighted by atomic mass is 32.1. The zero-order chi connectivity index (χ0) is 31.1. The van der Waals surface area contributed by atoms with E-state index in [1.807, 2.05) is 20.8 Å². The number of nitrogens with two attached hydrogens (primary N) is 1. The minimum absolute atomic E-state index is 0.00489. The topological polar surface area (TPSA) is 201 Å². The Hall–Kier alpha value is -4.20. The van der Waals surface area contributed by atoms with Gasteiger partial charge in [-0.05, 0) is 44.9 Å². The fourth-order valence-electron chi connectivity index (χ4n) is 3.67. The molecular weight excluding hydrogens is 554 g/mol. The number of nitrogens with one attached hydrogen (secondary N) is 2. The number of anilines is 1. The largest absolute Gasteiger partial charge is 0.508 e. The Balaban J connectivity index is 2.31. The number of carboxylic acid groups (broad SMARTS) is 1. The standard InChI is InChI=1S/C27H37N5O8S/c1-26(2,3)20-19(14-33)41-23(31-20)32(25(38)39)12-11-17(30-24(37)40-27(4,5)6)22(36)29-18(21(28)35)13-15-7-9-16(34)10-8-15/h7-10,14,17-18,34H,11-13H2,1-6H3,(H2,28,35)(H,29,36)(H,30,37)(H,38,39)/t17-,18-/m0/s1. The zero-order valence-corrected chi connectivity index (χ0v) is 24.7. The third-order valence-electron chi connectivity index (χ3n) is 5.61. The van der Waals surface area contributed by atoms with Crippen molar-refractivity contribution < 1.29 is 38.9 Å². The first-order valence-electron chi connectivity index (χ1n) is 12.8. The Bertz CT molecular complexity index is 1260. The highest BCUT2D eigenvalue weighted by Gasteiger charge is 2.31. The van der Waals surface area contributed by atoms with Crippen molar-refractivity contribution in [1.82, 2.24) is 15.6 Å². The molecule has 6 N–H and O–H groups in total. The van der Waals surface area contributed by atoms with E-state index >= 15 is 0 Å². The summed E-state index contributed by atoms with van der Waals surface area (Å²) >= 11 is 0.896. The summed E-state index contributed by atoms with van der Waals surface area (Å²) in [4.78, 5) is 67.3. The molecule has 13 nitrogen and oxygen atoms in total. The predicted octanol–water partition coefficient (Wildman–Crippen LogP) is 2.94. The number of thiazole rings is 1. The smallest absolute Gasteiger partial charge is 0.413 e. The third-order valence-corrected chi connectivity index (χ3v) is 6.61. The Morgan fingerprint density at radius 1 is 1.07 bits per heavy atom. The van der Waals surface area contributed by atoms with Crippen molar-refractivity contribution in [3.8, 4) is 5.75 Å². The lowest BCUT2D eigenvalue weighted by atomic mass is 9.91. The predicted molar refractivity (Wildman–Crippen MR) is 152 cm³/mol. The molecule has 0 bridgehead atoms. The second kappa shape index (κ2) is 13.4. The number of phenols is 1. The number of carbonyl (C=O) groups excluding carboxylic acids is 4. The van der Waals surface area contributed by atoms with E-state index in [-0.39, 0.29) is 35.1 Å². The van der Waals surface area contributed by atoms with Crippen LogP contribution in [0.5, 0.6) is 5.75 Å². The van der Waals surface area contributed by atoms with E-state index in [9.17, 15) is 34.2 Å². The first-order chi connectivity index (χ1) is 18.9. The maximum atomic E-state index is 13.3. The number of primary amides is 1. The van der Waals surface area contributed by atoms with Gasteiger partial charge in [-0.2, -0.15) is 0 Å². The Kier molecular flexibility index (Phi) is 10.8. The number of aromatic hydroxyl groups is 1. The van der Waals surface area contributed by atoms with Crippen LogP contribution in [0.4, 0.5) is 14.7 Å². The van der Waals surface area contributed by atoms with Gasteiger partial charge in [-0.1, -0.05) is 44.2 Å². The van der Waals surface area contributed by atoms with Gasteiger partial charge in [0.2, 0.25) is 11.8 Å². The molecule has 0 saturated carbocycles. The summed E-state index contributed by atoms with van der Waals surface area (Å²) in [5.74, 6) is -1.62. The van der Waals surface area contributed by atoms with Gasteiger partial charge in [0.05, 0.1) is 10.6 Å². The Morgan fingerprint density at radius 2 is 1.68 bits per heavy atom. The second-order valence-corrected chi connectivity index (χ2v) is 12.3. The third kappa shape index (κ3) is 10.0. The van der Waals surface area contributed by atoms with Crippen molar-refractivity contribution in [2.75, 3.05) is 11.4 Å². The number of phenolic OH excluding ortho intramolecular Hbond substituents is 1. The van der Waals surface area contributed by atoms with Gasteiger partial charge in [-0.15, -0.1) is 0 Å². The molecule has 0 radical (unpaired) electrons. The molecule has 0 fully saturated rings. The summed E-state index contributed by atoms with van der Waals surface area (Å²) in [6.45, 7) is 10.1. The molecule has 1 aromatic heterocycles. The van der Waals surface area contributed by atoms with Crippen LogP contribution >= 0.6 is 11.3 Å². The van der Waals surface area contributed by atoms with E-state index in [1.165, 1.54) is 12.1 Å². The maximum Gasteiger partial charge on any atom is 0.413 e. The minimum atomic E-state index is -1.38. The molecule has 14 heteroatoms. The van der Waals surface area contributed by atoms with Gasteiger partial charge in [0.15, 0.2) is 11.4 Å². The SMILES string of the molecule is CC(C)(C)OC(=O)N[C@@H](CCN(C(=O)O)c1nc(C(C)(C)C)c(C=O)s1)C(=O)N[C@@H](Cc1ccc(O)cc1)C(N)=O. The number of alkyl carbamates (subject to hydrolysis) is 1. The fraction of sp³-hybridized carbons (Fsp3) is 0.481. The molecule has 1 heterocycles. The molecule has 2 atom stereocenters. The summed E-state index contributed by atoms with van der Waals surface area (Å²) in [5.41, 5.74) is 5.13. The van der Waals surface area contributed by atoms with E-state index in [2.05, 4.69) is 15.6 Å². The van der Waals surface area contributed by atoms with Crippen molar-refractivity contribution in [2.24, 2.45) is 5.73 Å². The number of amides is 4. The minimum Gasteiger partial charge on any atom is -0.508 e. The summed E-state index contributed by atoms with van der Waals surface area (Å²) in [5, 5.41) is 24.4. The van der Waals surface area contributed by atoms with E-state index in [4.69, 9.17) is 10.5 Å².